The van der Waals surface area contributed by atoms with Crippen molar-refractivity contribution in [2.75, 3.05) is 30.7 Å². The Labute approximate surface area is 265 Å². The number of nitrogen functional groups attached to an aromatic ring is 1. The molecule has 0 radical (unpaired) electrons. The molecule has 0 amide bonds. The van der Waals surface area contributed by atoms with Crippen molar-refractivity contribution in [2.45, 2.75) is 25.4 Å². The van der Waals surface area contributed by atoms with Crippen molar-refractivity contribution in [3.8, 4) is 34.4 Å². The summed E-state index contributed by atoms with van der Waals surface area (Å²) in [6.45, 7) is -0.233. The molecule has 6 aromatic rings. The predicted molar refractivity (Wildman–Crippen MR) is 175 cm³/mol. The van der Waals surface area contributed by atoms with Gasteiger partial charge in [-0.15, -0.1) is 0 Å². The lowest BCUT2D eigenvalue weighted by Crippen LogP contribution is -2.43. The largest absolute Gasteiger partial charge is 0.383 e. The molecule has 0 spiro atoms. The van der Waals surface area contributed by atoms with E-state index in [2.05, 4.69) is 44.1 Å². The van der Waals surface area contributed by atoms with Crippen molar-refractivity contribution in [3.05, 3.63) is 109 Å². The molecule has 7 rings (SSSR count). The van der Waals surface area contributed by atoms with Crippen LogP contribution in [0.4, 0.5) is 11.6 Å². The molecule has 0 atom stereocenters. The summed E-state index contributed by atoms with van der Waals surface area (Å²) in [4.78, 5) is 26.1. The number of pyridine rings is 2. The summed E-state index contributed by atoms with van der Waals surface area (Å²) < 4.78 is 26.5. The Kier molecular flexibility index (Phi) is 6.68. The maximum Gasteiger partial charge on any atom is 0.234 e. The van der Waals surface area contributed by atoms with Gasteiger partial charge < -0.3 is 10.6 Å². The Morgan fingerprint density at radius 3 is 2.49 bits per heavy atom. The van der Waals surface area contributed by atoms with E-state index < -0.39 is 6.98 Å². The molecule has 1 aliphatic rings. The van der Waals surface area contributed by atoms with Gasteiger partial charge in [-0.1, -0.05) is 42.5 Å². The molecular formula is C35H32N10. The minimum atomic E-state index is -2.39. The maximum atomic E-state index is 9.22. The minimum Gasteiger partial charge on any atom is -0.383 e. The smallest absolute Gasteiger partial charge is 0.234 e. The molecule has 1 aliphatic heterocycles. The molecule has 5 heterocycles. The van der Waals surface area contributed by atoms with E-state index >= 15 is 0 Å². The second-order valence-electron chi connectivity index (χ2n) is 11.0. The first-order chi connectivity index (χ1) is 23.3. The summed E-state index contributed by atoms with van der Waals surface area (Å²) in [5.74, 6) is 1.25. The van der Waals surface area contributed by atoms with Crippen LogP contribution in [-0.2, 0) is 6.54 Å². The normalized spacial score (nSPS) is 15.2. The fourth-order valence-electron chi connectivity index (χ4n) is 5.83. The number of piperidine rings is 1. The molecule has 10 nitrogen and oxygen atoms in total. The first-order valence-electron chi connectivity index (χ1n) is 16.3. The van der Waals surface area contributed by atoms with Gasteiger partial charge in [-0.2, -0.15) is 5.26 Å². The molecule has 2 N–H and O–H groups in total. The summed E-state index contributed by atoms with van der Waals surface area (Å²) in [5, 5.41) is 9.22. The zero-order valence-electron chi connectivity index (χ0n) is 27.5. The lowest BCUT2D eigenvalue weighted by atomic mass is 10.0. The highest BCUT2D eigenvalue weighted by Crippen LogP contribution is 2.32. The van der Waals surface area contributed by atoms with Gasteiger partial charge >= 0.3 is 0 Å². The minimum absolute atomic E-state index is 0.0465. The molecule has 0 saturated carbocycles. The highest BCUT2D eigenvalue weighted by Gasteiger charge is 2.24. The second-order valence-corrected chi connectivity index (χ2v) is 11.0. The van der Waals surface area contributed by atoms with Gasteiger partial charge in [-0.3, -0.25) is 9.47 Å². The zero-order chi connectivity index (χ0) is 33.3. The second kappa shape index (κ2) is 12.1. The highest BCUT2D eigenvalue weighted by atomic mass is 15.2. The van der Waals surface area contributed by atoms with Crippen molar-refractivity contribution in [3.63, 3.8) is 0 Å². The lowest BCUT2D eigenvalue weighted by molar-refractivity contribution is 0.203. The van der Waals surface area contributed by atoms with Gasteiger partial charge in [0, 0.05) is 60.4 Å². The molecule has 10 heteroatoms. The number of rotatable bonds is 7. The summed E-state index contributed by atoms with van der Waals surface area (Å²) in [6.07, 6.45) is 4.39. The molecule has 0 aliphatic carbocycles. The van der Waals surface area contributed by atoms with Crippen LogP contribution in [0.3, 0.4) is 0 Å². The number of nitriles is 1. The number of aromatic nitrogens is 6. The van der Waals surface area contributed by atoms with E-state index in [-0.39, 0.29) is 17.7 Å². The molecule has 1 saturated heterocycles. The first-order valence-corrected chi connectivity index (χ1v) is 14.8. The van der Waals surface area contributed by atoms with Crippen molar-refractivity contribution in [2.24, 2.45) is 0 Å². The molecule has 222 valence electrons. The molecule has 2 aromatic carbocycles. The number of likely N-dealkylation sites (tertiary alicyclic amines) is 1. The molecule has 1 fully saturated rings. The van der Waals surface area contributed by atoms with Gasteiger partial charge in [-0.05, 0) is 60.9 Å². The standard InChI is InChI=1S/C35H32N10/c1-43(32-15-19-38-31(22-36)42-32)26-16-20-44(21-17-26)23-24-9-11-27(12-10-24)45-34(28-8-5-18-39-33(28)37)41-30-14-13-29(40-35(30)45)25-6-3-2-4-7-25/h2-15,18-19,26H,16-17,20-21,23H2,1H3,(H2,37,39)/i1D3. The maximum absolute atomic E-state index is 9.22. The van der Waals surface area contributed by atoms with Gasteiger partial charge in [0.1, 0.15) is 23.2 Å². The average Bonchev–Trinajstić information content (AvgIpc) is 3.48. The number of benzene rings is 2. The molecule has 0 bridgehead atoms. The number of hydrogen-bond donors (Lipinski definition) is 1. The topological polar surface area (TPSA) is 126 Å². The number of hydrogen-bond acceptors (Lipinski definition) is 9. The summed E-state index contributed by atoms with van der Waals surface area (Å²) in [5.41, 5.74) is 12.4. The van der Waals surface area contributed by atoms with Gasteiger partial charge in [0.25, 0.3) is 0 Å². The van der Waals surface area contributed by atoms with Gasteiger partial charge in [0.2, 0.25) is 5.82 Å². The van der Waals surface area contributed by atoms with Gasteiger partial charge in [0.15, 0.2) is 11.5 Å². The van der Waals surface area contributed by atoms with E-state index in [1.54, 1.807) is 12.3 Å². The van der Waals surface area contributed by atoms with Crippen molar-refractivity contribution in [1.29, 1.82) is 5.26 Å². The third-order valence-electron chi connectivity index (χ3n) is 8.16. The van der Waals surface area contributed by atoms with E-state index in [0.29, 0.717) is 30.1 Å². The zero-order valence-corrected chi connectivity index (χ0v) is 24.5. The van der Waals surface area contributed by atoms with Crippen LogP contribution in [0.2, 0.25) is 0 Å². The van der Waals surface area contributed by atoms with Crippen LogP contribution in [0.15, 0.2) is 97.3 Å². The third-order valence-corrected chi connectivity index (χ3v) is 8.16. The van der Waals surface area contributed by atoms with Gasteiger partial charge in [-0.25, -0.2) is 24.9 Å². The summed E-state index contributed by atoms with van der Waals surface area (Å²) in [6, 6.07) is 29.3. The number of anilines is 2. The number of nitrogens with zero attached hydrogens (tertiary/aromatic N) is 9. The van der Waals surface area contributed by atoms with Crippen LogP contribution in [0, 0.1) is 11.3 Å². The van der Waals surface area contributed by atoms with Crippen LogP contribution >= 0.6 is 0 Å². The van der Waals surface area contributed by atoms with E-state index in [1.807, 2.05) is 65.2 Å². The van der Waals surface area contributed by atoms with Crippen LogP contribution < -0.4 is 10.6 Å². The highest BCUT2D eigenvalue weighted by molar-refractivity contribution is 5.84. The number of fused-ring (bicyclic) bond motifs is 1. The fraction of sp³-hybridized carbons (Fsp3) is 0.200. The molecule has 0 unspecified atom stereocenters. The average molecular weight is 596 g/mol. The fourth-order valence-corrected chi connectivity index (χ4v) is 5.83. The number of imidazole rings is 1. The first kappa shape index (κ1) is 24.7. The van der Waals surface area contributed by atoms with Crippen molar-refractivity contribution >= 4 is 22.8 Å². The monoisotopic (exact) mass is 595 g/mol. The molecular weight excluding hydrogens is 560 g/mol. The van der Waals surface area contributed by atoms with Gasteiger partial charge in [0.05, 0.1) is 11.3 Å². The quantitative estimate of drug-likeness (QED) is 0.255. The van der Waals surface area contributed by atoms with E-state index in [0.717, 1.165) is 53.2 Å². The Balaban J connectivity index is 1.13. The van der Waals surface area contributed by atoms with Crippen LogP contribution in [0.1, 0.15) is 28.3 Å². The Hall–Kier alpha value is -5.66. The van der Waals surface area contributed by atoms with E-state index in [9.17, 15) is 5.26 Å². The Morgan fingerprint density at radius 1 is 0.911 bits per heavy atom. The molecule has 4 aromatic heterocycles. The van der Waals surface area contributed by atoms with Crippen LogP contribution in [-0.4, -0.2) is 60.5 Å². The summed E-state index contributed by atoms with van der Waals surface area (Å²) in [7, 11) is 0. The van der Waals surface area contributed by atoms with Crippen molar-refractivity contribution < 1.29 is 4.11 Å². The van der Waals surface area contributed by atoms with Crippen LogP contribution in [0.25, 0.3) is 39.5 Å². The molecule has 45 heavy (non-hydrogen) atoms. The Bertz CT molecular complexity index is 2100. The summed E-state index contributed by atoms with van der Waals surface area (Å²) >= 11 is 0. The lowest BCUT2D eigenvalue weighted by Gasteiger charge is -2.37. The van der Waals surface area contributed by atoms with Crippen LogP contribution in [0.5, 0.6) is 0 Å². The SMILES string of the molecule is [2H]C([2H])([2H])N(c1ccnc(C#N)n1)C1CCN(Cc2ccc(-n3c(-c4cccnc4N)nc4ccc(-c5ccccc5)nc43)cc2)CC1. The third kappa shape index (κ3) is 5.69. The van der Waals surface area contributed by atoms with E-state index in [1.165, 1.54) is 11.1 Å². The predicted octanol–water partition coefficient (Wildman–Crippen LogP) is 5.49. The Morgan fingerprint density at radius 2 is 1.73 bits per heavy atom. The number of nitrogens with two attached hydrogens (primary N) is 1. The van der Waals surface area contributed by atoms with E-state index in [4.69, 9.17) is 19.8 Å². The van der Waals surface area contributed by atoms with Crippen molar-refractivity contribution in [1.82, 2.24) is 34.4 Å².